The van der Waals surface area contributed by atoms with Gasteiger partial charge in [0.15, 0.2) is 6.61 Å². The number of hydrogen-bond acceptors (Lipinski definition) is 13. The van der Waals surface area contributed by atoms with Gasteiger partial charge in [0.25, 0.3) is 0 Å². The smallest absolute Gasteiger partial charge is 0.341 e. The zero-order chi connectivity index (χ0) is 40.6. The zero-order valence-corrected chi connectivity index (χ0v) is 33.6. The number of benzene rings is 4. The van der Waals surface area contributed by atoms with Crippen LogP contribution in [0.1, 0.15) is 16.7 Å². The van der Waals surface area contributed by atoms with Gasteiger partial charge in [-0.2, -0.15) is 0 Å². The summed E-state index contributed by atoms with van der Waals surface area (Å²) in [5.74, 6) is 0.230. The maximum absolute atomic E-state index is 12.9. The summed E-state index contributed by atoms with van der Waals surface area (Å²) in [7, 11) is 10.2. The summed E-state index contributed by atoms with van der Waals surface area (Å²) in [5, 5.41) is 10.5. The third kappa shape index (κ3) is 9.67. The Bertz CT molecular complexity index is 2260. The first-order valence-electron chi connectivity index (χ1n) is 18.3. The van der Waals surface area contributed by atoms with Gasteiger partial charge in [0, 0.05) is 76.8 Å². The van der Waals surface area contributed by atoms with Gasteiger partial charge in [-0.3, -0.25) is 9.59 Å². The van der Waals surface area contributed by atoms with E-state index in [9.17, 15) is 19.5 Å². The van der Waals surface area contributed by atoms with Crippen LogP contribution in [-0.4, -0.2) is 120 Å². The van der Waals surface area contributed by atoms with E-state index in [4.69, 9.17) is 33.2 Å². The van der Waals surface area contributed by atoms with Crippen molar-refractivity contribution in [3.05, 3.63) is 93.5 Å². The van der Waals surface area contributed by atoms with Crippen LogP contribution in [0, 0.1) is 11.7 Å². The van der Waals surface area contributed by atoms with Gasteiger partial charge in [0.1, 0.15) is 55.1 Å². The lowest BCUT2D eigenvalue weighted by Gasteiger charge is -2.29. The minimum absolute atomic E-state index is 0.0268. The van der Waals surface area contributed by atoms with Gasteiger partial charge in [-0.1, -0.05) is 18.2 Å². The molecule has 0 saturated heterocycles. The van der Waals surface area contributed by atoms with Crippen LogP contribution in [0.15, 0.2) is 66.7 Å². The fraction of sp³-hybridized carbons (Fsp3) is 0.333. The number of carbonyl (C=O) groups is 3. The van der Waals surface area contributed by atoms with E-state index in [1.165, 1.54) is 14.2 Å². The molecule has 4 aromatic rings. The quantitative estimate of drug-likeness (QED) is 0.171. The number of aliphatic carboxylic acids is 1. The SMILES string of the molecule is COC(=O)CN1CCOCCN(CC(=O)OC)c2cc(OCC(=O)O)c(C3=c4ccc(=[Si])cc4Oc4cc(N(C)C)ccc43)cc2OCCOc2cc(C)ccc21. The standard InChI is InChI=1S/C42H45N3O11Si/c1-26-6-11-32-37(18-26)53-16-17-54-38-21-31(42-29-9-7-27(43(2)3)19-35(29)56-36-20-28(57)8-10-30(36)42)34(55-25-39(46)47)22-33(38)45(24-41(49)51-5)13-15-52-14-12-44(32)23-40(48)50-4/h6-11,18-22H,12-17,23-25H2,1-5H3,(H,46,47). The van der Waals surface area contributed by atoms with Crippen LogP contribution < -0.4 is 38.9 Å². The number of hydrogen-bond donors (Lipinski definition) is 1. The van der Waals surface area contributed by atoms with Crippen LogP contribution in [0.2, 0.25) is 0 Å². The molecule has 2 aliphatic heterocycles. The second kappa shape index (κ2) is 18.3. The molecule has 0 aromatic heterocycles. The number of esters is 2. The van der Waals surface area contributed by atoms with E-state index >= 15 is 0 Å². The molecule has 14 nitrogen and oxygen atoms in total. The van der Waals surface area contributed by atoms with Crippen molar-refractivity contribution in [3.8, 4) is 28.7 Å². The molecule has 57 heavy (non-hydrogen) atoms. The first kappa shape index (κ1) is 40.6. The van der Waals surface area contributed by atoms with Crippen LogP contribution in [0.5, 0.6) is 28.7 Å². The Morgan fingerprint density at radius 2 is 1.42 bits per heavy atom. The topological polar surface area (TPSA) is 146 Å². The van der Waals surface area contributed by atoms with Crippen molar-refractivity contribution in [1.82, 2.24) is 0 Å². The Morgan fingerprint density at radius 1 is 0.754 bits per heavy atom. The largest absolute Gasteiger partial charge is 0.488 e. The van der Waals surface area contributed by atoms with Crippen molar-refractivity contribution in [3.63, 3.8) is 0 Å². The number of rotatable bonds is 9. The molecule has 15 heteroatoms. The van der Waals surface area contributed by atoms with Crippen molar-refractivity contribution in [2.75, 3.05) is 102 Å². The number of fused-ring (bicyclic) bond motifs is 4. The Kier molecular flexibility index (Phi) is 13.0. The van der Waals surface area contributed by atoms with Gasteiger partial charge >= 0.3 is 17.9 Å². The lowest BCUT2D eigenvalue weighted by molar-refractivity contribution is -0.140. The summed E-state index contributed by atoms with van der Waals surface area (Å²) in [4.78, 5) is 43.6. The van der Waals surface area contributed by atoms with Crippen LogP contribution in [0.4, 0.5) is 17.1 Å². The molecule has 0 amide bonds. The zero-order valence-electron chi connectivity index (χ0n) is 32.6. The number of nitrogens with zero attached hydrogens (tertiary/aromatic N) is 3. The average molecular weight is 796 g/mol. The normalized spacial score (nSPS) is 14.1. The highest BCUT2D eigenvalue weighted by Gasteiger charge is 2.28. The minimum atomic E-state index is -1.17. The number of carbonyl (C=O) groups excluding carboxylic acids is 2. The van der Waals surface area contributed by atoms with E-state index in [1.54, 1.807) is 17.0 Å². The maximum atomic E-state index is 12.9. The number of carboxylic acid groups (broad SMARTS) is 1. The second-order valence-corrected chi connectivity index (χ2v) is 14.1. The Morgan fingerprint density at radius 3 is 2.07 bits per heavy atom. The molecule has 0 unspecified atom stereocenters. The maximum Gasteiger partial charge on any atom is 0.341 e. The molecule has 2 radical (unpaired) electrons. The van der Waals surface area contributed by atoms with Crippen molar-refractivity contribution < 1.29 is 52.6 Å². The van der Waals surface area contributed by atoms with E-state index in [0.717, 1.165) is 32.4 Å². The molecular weight excluding hydrogens is 751 g/mol. The summed E-state index contributed by atoms with van der Waals surface area (Å²) < 4.78 is 41.5. The second-order valence-electron chi connectivity index (χ2n) is 13.5. The Labute approximate surface area is 333 Å². The third-order valence-electron chi connectivity index (χ3n) is 9.40. The first-order chi connectivity index (χ1) is 27.4. The van der Waals surface area contributed by atoms with Gasteiger partial charge in [-0.05, 0) is 53.7 Å². The predicted molar refractivity (Wildman–Crippen MR) is 214 cm³/mol. The molecule has 0 fully saturated rings. The van der Waals surface area contributed by atoms with E-state index in [0.29, 0.717) is 46.5 Å². The lowest BCUT2D eigenvalue weighted by Crippen LogP contribution is -2.36. The molecular formula is C42H45N3O11Si. The highest BCUT2D eigenvalue weighted by Crippen LogP contribution is 2.45. The van der Waals surface area contributed by atoms with Crippen LogP contribution in [0.3, 0.4) is 0 Å². The van der Waals surface area contributed by atoms with E-state index in [2.05, 4.69) is 9.85 Å². The van der Waals surface area contributed by atoms with E-state index < -0.39 is 24.5 Å². The molecule has 2 heterocycles. The number of ether oxygens (including phenoxy) is 7. The molecule has 0 bridgehead atoms. The van der Waals surface area contributed by atoms with Gasteiger partial charge in [0.05, 0.1) is 38.8 Å². The summed E-state index contributed by atoms with van der Waals surface area (Å²) >= 11 is 0. The van der Waals surface area contributed by atoms with Gasteiger partial charge in [-0.15, -0.1) is 0 Å². The van der Waals surface area contributed by atoms with E-state index in [1.807, 2.05) is 85.4 Å². The predicted octanol–water partition coefficient (Wildman–Crippen LogP) is 3.74. The van der Waals surface area contributed by atoms with Crippen molar-refractivity contribution >= 4 is 50.4 Å². The summed E-state index contributed by atoms with van der Waals surface area (Å²) in [6.07, 6.45) is 0. The summed E-state index contributed by atoms with van der Waals surface area (Å²) in [6.45, 7) is 2.24. The number of methoxy groups -OCH3 is 2. The highest BCUT2D eigenvalue weighted by atomic mass is 28.1. The fourth-order valence-corrected chi connectivity index (χ4v) is 6.79. The summed E-state index contributed by atoms with van der Waals surface area (Å²) in [5.41, 5.74) is 5.02. The number of aryl methyl sites for hydroxylation is 1. The monoisotopic (exact) mass is 795 g/mol. The van der Waals surface area contributed by atoms with Crippen LogP contribution in [0.25, 0.3) is 5.57 Å². The van der Waals surface area contributed by atoms with Crippen LogP contribution >= 0.6 is 0 Å². The molecule has 0 saturated carbocycles. The van der Waals surface area contributed by atoms with Gasteiger partial charge in [-0.25, -0.2) is 4.79 Å². The molecule has 0 aliphatic carbocycles. The summed E-state index contributed by atoms with van der Waals surface area (Å²) in [6, 6.07) is 20.8. The third-order valence-corrected chi connectivity index (χ3v) is 9.72. The minimum Gasteiger partial charge on any atom is -0.488 e. The molecule has 0 spiro atoms. The fourth-order valence-electron chi connectivity index (χ4n) is 6.58. The van der Waals surface area contributed by atoms with Crippen molar-refractivity contribution in [2.45, 2.75) is 6.92 Å². The molecule has 6 rings (SSSR count). The van der Waals surface area contributed by atoms with Gasteiger partial charge < -0.3 is 53.0 Å². The molecule has 4 aromatic carbocycles. The number of carboxylic acids is 1. The molecule has 2 aliphatic rings. The Balaban J connectivity index is 1.51. The highest BCUT2D eigenvalue weighted by molar-refractivity contribution is 5.99. The van der Waals surface area contributed by atoms with Crippen molar-refractivity contribution in [2.24, 2.45) is 0 Å². The van der Waals surface area contributed by atoms with Gasteiger partial charge in [0.2, 0.25) is 0 Å². The lowest BCUT2D eigenvalue weighted by atomic mass is 9.91. The number of anilines is 3. The average Bonchev–Trinajstić information content (AvgIpc) is 3.19. The molecule has 0 atom stereocenters. The van der Waals surface area contributed by atoms with Crippen LogP contribution in [-0.2, 0) is 28.6 Å². The molecule has 1 N–H and O–H groups in total. The van der Waals surface area contributed by atoms with E-state index in [-0.39, 0.29) is 51.8 Å². The van der Waals surface area contributed by atoms with Crippen molar-refractivity contribution in [1.29, 1.82) is 0 Å². The molecule has 298 valence electrons. The Hall–Kier alpha value is -6.06. The first-order valence-corrected chi connectivity index (χ1v) is 18.8.